The van der Waals surface area contributed by atoms with E-state index >= 15 is 0 Å². The summed E-state index contributed by atoms with van der Waals surface area (Å²) in [7, 11) is -3.25. The predicted octanol–water partition coefficient (Wildman–Crippen LogP) is 10.1. The first-order chi connectivity index (χ1) is 18.1. The fourth-order valence-corrected chi connectivity index (χ4v) is 6.16. The quantitative estimate of drug-likeness (QED) is 0.112. The van der Waals surface area contributed by atoms with Crippen LogP contribution in [-0.2, 0) is 13.6 Å². The van der Waals surface area contributed by atoms with Crippen LogP contribution < -0.4 is 10.0 Å². The van der Waals surface area contributed by atoms with Crippen molar-refractivity contribution in [2.24, 2.45) is 0 Å². The lowest BCUT2D eigenvalue weighted by Crippen LogP contribution is -2.10. The summed E-state index contributed by atoms with van der Waals surface area (Å²) in [5, 5.41) is 0.591. The average Bonchev–Trinajstić information content (AvgIpc) is 2.91. The predicted molar refractivity (Wildman–Crippen MR) is 158 cm³/mol. The Balaban J connectivity index is 1.58. The van der Waals surface area contributed by atoms with Crippen molar-refractivity contribution in [3.8, 4) is 16.9 Å². The molecule has 0 aromatic heterocycles. The summed E-state index contributed by atoms with van der Waals surface area (Å²) in [6, 6.07) is 15.8. The molecule has 0 atom stereocenters. The summed E-state index contributed by atoms with van der Waals surface area (Å²) >= 11 is 0. The molecule has 0 spiro atoms. The molecular formula is C32H51O4P. The molecule has 2 rings (SSSR count). The molecule has 2 aromatic carbocycles. The van der Waals surface area contributed by atoms with Gasteiger partial charge < -0.3 is 13.8 Å². The van der Waals surface area contributed by atoms with Crippen molar-refractivity contribution in [2.75, 3.05) is 19.8 Å². The van der Waals surface area contributed by atoms with Gasteiger partial charge >= 0.3 is 7.60 Å². The minimum atomic E-state index is -3.25. The van der Waals surface area contributed by atoms with Crippen LogP contribution >= 0.6 is 7.60 Å². The van der Waals surface area contributed by atoms with Crippen molar-refractivity contribution in [1.29, 1.82) is 0 Å². The molecular weight excluding hydrogens is 479 g/mol. The van der Waals surface area contributed by atoms with Crippen molar-refractivity contribution in [1.82, 2.24) is 0 Å². The Morgan fingerprint density at radius 1 is 0.541 bits per heavy atom. The molecule has 0 bridgehead atoms. The lowest BCUT2D eigenvalue weighted by molar-refractivity contribution is 0.230. The van der Waals surface area contributed by atoms with Crippen LogP contribution in [0.15, 0.2) is 48.5 Å². The van der Waals surface area contributed by atoms with E-state index in [0.717, 1.165) is 29.9 Å². The topological polar surface area (TPSA) is 44.8 Å². The molecule has 208 valence electrons. The van der Waals surface area contributed by atoms with Crippen LogP contribution in [0, 0.1) is 0 Å². The maximum atomic E-state index is 12.9. The van der Waals surface area contributed by atoms with Crippen molar-refractivity contribution < 1.29 is 18.3 Å². The van der Waals surface area contributed by atoms with Gasteiger partial charge in [-0.25, -0.2) is 0 Å². The zero-order valence-electron chi connectivity index (χ0n) is 23.7. The first-order valence-electron chi connectivity index (χ1n) is 14.9. The van der Waals surface area contributed by atoms with Crippen LogP contribution in [0.2, 0.25) is 0 Å². The van der Waals surface area contributed by atoms with E-state index in [9.17, 15) is 4.57 Å². The van der Waals surface area contributed by atoms with Gasteiger partial charge in [-0.2, -0.15) is 0 Å². The smallest absolute Gasteiger partial charge is 0.361 e. The molecule has 0 saturated heterocycles. The van der Waals surface area contributed by atoms with Crippen LogP contribution in [0.5, 0.6) is 5.75 Å². The normalized spacial score (nSPS) is 11.6. The van der Waals surface area contributed by atoms with E-state index < -0.39 is 7.60 Å². The highest BCUT2D eigenvalue weighted by Crippen LogP contribution is 2.46. The molecule has 0 fully saturated rings. The zero-order chi connectivity index (χ0) is 26.6. The second-order valence-electron chi connectivity index (χ2n) is 9.85. The van der Waals surface area contributed by atoms with Gasteiger partial charge in [0.05, 0.1) is 25.1 Å². The summed E-state index contributed by atoms with van der Waals surface area (Å²) < 4.78 is 29.8. The van der Waals surface area contributed by atoms with Crippen molar-refractivity contribution in [3.63, 3.8) is 0 Å². The molecule has 0 radical (unpaired) electrons. The Hall–Kier alpha value is -1.61. The molecule has 5 heteroatoms. The first-order valence-corrected chi connectivity index (χ1v) is 16.4. The molecule has 0 aliphatic rings. The van der Waals surface area contributed by atoms with E-state index in [1.54, 1.807) is 0 Å². The number of ether oxygens (including phenoxy) is 1. The van der Waals surface area contributed by atoms with Gasteiger partial charge in [0.2, 0.25) is 0 Å². The van der Waals surface area contributed by atoms with E-state index in [-0.39, 0.29) is 0 Å². The summed E-state index contributed by atoms with van der Waals surface area (Å²) in [5.74, 6) is 0.909. The van der Waals surface area contributed by atoms with Crippen molar-refractivity contribution in [2.45, 2.75) is 111 Å². The third-order valence-corrected chi connectivity index (χ3v) is 8.86. The van der Waals surface area contributed by atoms with Crippen LogP contribution in [0.3, 0.4) is 0 Å². The Kier molecular flexibility index (Phi) is 16.6. The van der Waals surface area contributed by atoms with E-state index in [2.05, 4.69) is 19.1 Å². The molecule has 37 heavy (non-hydrogen) atoms. The fourth-order valence-electron chi connectivity index (χ4n) is 4.59. The molecule has 0 aliphatic carbocycles. The van der Waals surface area contributed by atoms with E-state index in [1.165, 1.54) is 83.5 Å². The van der Waals surface area contributed by atoms with Gasteiger partial charge in [0.25, 0.3) is 0 Å². The monoisotopic (exact) mass is 530 g/mol. The van der Waals surface area contributed by atoms with Gasteiger partial charge in [-0.05, 0) is 55.7 Å². The van der Waals surface area contributed by atoms with E-state index in [1.807, 2.05) is 50.2 Å². The highest BCUT2D eigenvalue weighted by molar-refractivity contribution is 7.62. The Morgan fingerprint density at radius 2 is 0.946 bits per heavy atom. The summed E-state index contributed by atoms with van der Waals surface area (Å²) in [5.41, 5.74) is 2.15. The molecule has 0 heterocycles. The molecule has 0 amide bonds. The van der Waals surface area contributed by atoms with Crippen molar-refractivity contribution >= 4 is 12.9 Å². The number of rotatable bonds is 22. The molecule has 0 saturated carbocycles. The number of hydrogen-bond donors (Lipinski definition) is 0. The summed E-state index contributed by atoms with van der Waals surface area (Å²) in [4.78, 5) is 0. The molecule has 0 N–H and O–H groups in total. The molecule has 0 aliphatic heterocycles. The van der Waals surface area contributed by atoms with Crippen molar-refractivity contribution in [3.05, 3.63) is 48.5 Å². The van der Waals surface area contributed by atoms with Gasteiger partial charge in [-0.3, -0.25) is 4.57 Å². The number of hydrogen-bond acceptors (Lipinski definition) is 4. The summed E-state index contributed by atoms with van der Waals surface area (Å²) in [6.07, 6.45) is 19.1. The van der Waals surface area contributed by atoms with Gasteiger partial charge in [-0.15, -0.1) is 0 Å². The number of unbranched alkanes of at least 4 members (excludes halogenated alkanes) is 13. The van der Waals surface area contributed by atoms with Gasteiger partial charge in [0, 0.05) is 0 Å². The van der Waals surface area contributed by atoms with Crippen LogP contribution in [-0.4, -0.2) is 19.8 Å². The Labute approximate surface area is 227 Å². The highest BCUT2D eigenvalue weighted by Gasteiger charge is 2.26. The lowest BCUT2D eigenvalue weighted by atomic mass is 10.0. The van der Waals surface area contributed by atoms with Crippen LogP contribution in [0.1, 0.15) is 111 Å². The molecule has 4 nitrogen and oxygen atoms in total. The third-order valence-electron chi connectivity index (χ3n) is 6.74. The lowest BCUT2D eigenvalue weighted by Gasteiger charge is -2.17. The minimum absolute atomic E-state index is 0.347. The fraction of sp³-hybridized carbons (Fsp3) is 0.625. The third kappa shape index (κ3) is 12.7. The highest BCUT2D eigenvalue weighted by atomic mass is 31.2. The maximum absolute atomic E-state index is 12.9. The SMILES string of the molecule is CCCCCCCCCCCCCCCCOc1ccc(-c2ccc(P(=O)(OCC)OCC)cc2)cc1. The summed E-state index contributed by atoms with van der Waals surface area (Å²) in [6.45, 7) is 7.40. The van der Waals surface area contributed by atoms with E-state index in [0.29, 0.717) is 18.5 Å². The van der Waals surface area contributed by atoms with Crippen LogP contribution in [0.4, 0.5) is 0 Å². The largest absolute Gasteiger partial charge is 0.494 e. The first kappa shape index (κ1) is 31.6. The second-order valence-corrected chi connectivity index (χ2v) is 11.9. The maximum Gasteiger partial charge on any atom is 0.361 e. The standard InChI is InChI=1S/C32H51O4P/c1-4-7-8-9-10-11-12-13-14-15-16-17-18-19-28-34-31-24-20-29(21-25-31)30-22-26-32(27-23-30)37(33,35-5-2)36-6-3/h20-27H,4-19,28H2,1-3H3. The Morgan fingerprint density at radius 3 is 1.38 bits per heavy atom. The number of benzene rings is 2. The van der Waals surface area contributed by atoms with Gasteiger partial charge in [0.15, 0.2) is 0 Å². The molecule has 0 unspecified atom stereocenters. The second kappa shape index (κ2) is 19.5. The Bertz CT molecular complexity index is 853. The van der Waals surface area contributed by atoms with Crippen LogP contribution in [0.25, 0.3) is 11.1 Å². The van der Waals surface area contributed by atoms with Gasteiger partial charge in [0.1, 0.15) is 5.75 Å². The average molecular weight is 531 g/mol. The molecule has 2 aromatic rings. The van der Waals surface area contributed by atoms with E-state index in [4.69, 9.17) is 13.8 Å². The van der Waals surface area contributed by atoms with Gasteiger partial charge in [-0.1, -0.05) is 115 Å². The minimum Gasteiger partial charge on any atom is -0.494 e. The zero-order valence-corrected chi connectivity index (χ0v) is 24.6.